The first-order valence-electron chi connectivity index (χ1n) is 10.7. The molecule has 3 aromatic heterocycles. The van der Waals surface area contributed by atoms with Gasteiger partial charge in [-0.25, -0.2) is 0 Å². The van der Waals surface area contributed by atoms with Crippen LogP contribution in [0.25, 0.3) is 0 Å². The molecule has 1 fully saturated rings. The summed E-state index contributed by atoms with van der Waals surface area (Å²) in [5, 5.41) is 12.6. The molecule has 9 heteroatoms. The van der Waals surface area contributed by atoms with Crippen LogP contribution in [-0.2, 0) is 13.0 Å². The predicted octanol–water partition coefficient (Wildman–Crippen LogP) is 3.28. The van der Waals surface area contributed by atoms with E-state index in [1.165, 1.54) is 36.3 Å². The fraction of sp³-hybridized carbons (Fsp3) is 0.455. The van der Waals surface area contributed by atoms with Gasteiger partial charge in [0.2, 0.25) is 0 Å². The van der Waals surface area contributed by atoms with Gasteiger partial charge >= 0.3 is 0 Å². The lowest BCUT2D eigenvalue weighted by Crippen LogP contribution is -2.24. The molecule has 0 bridgehead atoms. The first-order chi connectivity index (χ1) is 15.2. The topological polar surface area (TPSA) is 94.9 Å². The molecule has 0 aliphatic heterocycles. The Morgan fingerprint density at radius 1 is 1.23 bits per heavy atom. The van der Waals surface area contributed by atoms with E-state index in [-0.39, 0.29) is 17.2 Å². The minimum Gasteiger partial charge on any atom is -0.454 e. The number of nitrogens with one attached hydrogen (secondary N) is 1. The summed E-state index contributed by atoms with van der Waals surface area (Å²) in [6.45, 7) is 0.820. The molecule has 4 rings (SSSR count). The Kier molecular flexibility index (Phi) is 6.91. The molecule has 1 aliphatic rings. The zero-order valence-electron chi connectivity index (χ0n) is 17.6. The van der Waals surface area contributed by atoms with Crippen LogP contribution in [0, 0.1) is 0 Å². The minimum atomic E-state index is -0.256. The van der Waals surface area contributed by atoms with Crippen molar-refractivity contribution in [2.24, 2.45) is 0 Å². The minimum absolute atomic E-state index is 0.111. The monoisotopic (exact) mass is 441 g/mol. The molecule has 0 unspecified atom stereocenters. The van der Waals surface area contributed by atoms with E-state index in [1.807, 2.05) is 6.26 Å². The number of thioether (sulfide) groups is 1. The Morgan fingerprint density at radius 3 is 2.84 bits per heavy atom. The van der Waals surface area contributed by atoms with Crippen LogP contribution < -0.4 is 10.9 Å². The predicted molar refractivity (Wildman–Crippen MR) is 118 cm³/mol. The molecule has 31 heavy (non-hydrogen) atoms. The van der Waals surface area contributed by atoms with Gasteiger partial charge in [-0.1, -0.05) is 30.7 Å². The van der Waals surface area contributed by atoms with E-state index in [2.05, 4.69) is 20.1 Å². The Labute approximate surface area is 185 Å². The lowest BCUT2D eigenvalue weighted by Gasteiger charge is -2.16. The van der Waals surface area contributed by atoms with Gasteiger partial charge in [-0.05, 0) is 43.7 Å². The van der Waals surface area contributed by atoms with E-state index in [4.69, 9.17) is 4.42 Å². The van der Waals surface area contributed by atoms with Crippen molar-refractivity contribution in [3.63, 3.8) is 0 Å². The summed E-state index contributed by atoms with van der Waals surface area (Å²) in [7, 11) is 0. The number of hydrogen-bond donors (Lipinski definition) is 1. The molecule has 3 heterocycles. The van der Waals surface area contributed by atoms with Gasteiger partial charge in [-0.3, -0.25) is 9.59 Å². The third-order valence-electron chi connectivity index (χ3n) is 5.58. The number of carbonyl (C=O) groups is 1. The molecule has 1 amide bonds. The first kappa shape index (κ1) is 21.4. The van der Waals surface area contributed by atoms with Gasteiger partial charge in [0.1, 0.15) is 11.6 Å². The average Bonchev–Trinajstić information content (AvgIpc) is 3.53. The van der Waals surface area contributed by atoms with Crippen LogP contribution in [-0.4, -0.2) is 38.0 Å². The molecule has 8 nitrogen and oxygen atoms in total. The van der Waals surface area contributed by atoms with Crippen LogP contribution in [0.1, 0.15) is 60.3 Å². The fourth-order valence-electron chi connectivity index (χ4n) is 4.03. The van der Waals surface area contributed by atoms with Gasteiger partial charge in [0.15, 0.2) is 10.9 Å². The number of amides is 1. The van der Waals surface area contributed by atoms with Crippen LogP contribution in [0.4, 0.5) is 0 Å². The zero-order chi connectivity index (χ0) is 21.6. The SMILES string of the molecule is CSc1nnc(CCCNC(=O)c2ccc(Cn3ccccc3=O)o2)n1C1CCCC1. The van der Waals surface area contributed by atoms with Gasteiger partial charge in [0.05, 0.1) is 6.54 Å². The van der Waals surface area contributed by atoms with Gasteiger partial charge in [0.25, 0.3) is 11.5 Å². The van der Waals surface area contributed by atoms with Gasteiger partial charge in [0, 0.05) is 31.3 Å². The molecule has 164 valence electrons. The Balaban J connectivity index is 1.29. The summed E-state index contributed by atoms with van der Waals surface area (Å²) in [6, 6.07) is 8.83. The molecular formula is C22H27N5O3S. The molecule has 3 aromatic rings. The van der Waals surface area contributed by atoms with Crippen molar-refractivity contribution < 1.29 is 9.21 Å². The summed E-state index contributed by atoms with van der Waals surface area (Å²) >= 11 is 1.63. The molecule has 0 atom stereocenters. The highest BCUT2D eigenvalue weighted by atomic mass is 32.2. The molecule has 1 N–H and O–H groups in total. The van der Waals surface area contributed by atoms with Crippen LogP contribution in [0.15, 0.2) is 50.9 Å². The summed E-state index contributed by atoms with van der Waals surface area (Å²) in [5.74, 6) is 1.55. The number of rotatable bonds is 9. The standard InChI is InChI=1S/C22H27N5O3S/c1-31-22-25-24-19(27(22)16-7-2-3-8-16)9-6-13-23-21(29)18-12-11-17(30-18)15-26-14-5-4-10-20(26)28/h4-5,10-12,14,16H,2-3,6-9,13,15H2,1H3,(H,23,29). The van der Waals surface area contributed by atoms with Crippen molar-refractivity contribution in [2.45, 2.75) is 56.3 Å². The van der Waals surface area contributed by atoms with Crippen LogP contribution in [0.2, 0.25) is 0 Å². The number of aromatic nitrogens is 4. The molecule has 1 aliphatic carbocycles. The molecule has 0 saturated heterocycles. The van der Waals surface area contributed by atoms with Gasteiger partial charge in [-0.15, -0.1) is 10.2 Å². The van der Waals surface area contributed by atoms with Crippen molar-refractivity contribution >= 4 is 17.7 Å². The van der Waals surface area contributed by atoms with Crippen LogP contribution >= 0.6 is 11.8 Å². The number of pyridine rings is 1. The smallest absolute Gasteiger partial charge is 0.286 e. The van der Waals surface area contributed by atoms with Crippen molar-refractivity contribution in [3.05, 3.63) is 64.2 Å². The highest BCUT2D eigenvalue weighted by Gasteiger charge is 2.23. The third-order valence-corrected chi connectivity index (χ3v) is 6.22. The second kappa shape index (κ2) is 10.00. The Bertz CT molecular complexity index is 1080. The maximum Gasteiger partial charge on any atom is 0.286 e. The van der Waals surface area contributed by atoms with E-state index in [0.717, 1.165) is 23.8 Å². The number of nitrogens with zero attached hydrogens (tertiary/aromatic N) is 4. The highest BCUT2D eigenvalue weighted by molar-refractivity contribution is 7.98. The molecular weight excluding hydrogens is 414 g/mol. The second-order valence-corrected chi connectivity index (χ2v) is 8.48. The van der Waals surface area contributed by atoms with Crippen molar-refractivity contribution in [3.8, 4) is 0 Å². The number of aryl methyl sites for hydroxylation is 1. The molecule has 0 radical (unpaired) electrons. The summed E-state index contributed by atoms with van der Waals surface area (Å²) in [6.07, 6.45) is 10.2. The number of carbonyl (C=O) groups excluding carboxylic acids is 1. The summed E-state index contributed by atoms with van der Waals surface area (Å²) < 4.78 is 9.45. The fourth-order valence-corrected chi connectivity index (χ4v) is 4.60. The lowest BCUT2D eigenvalue weighted by molar-refractivity contribution is 0.0923. The maximum absolute atomic E-state index is 12.4. The lowest BCUT2D eigenvalue weighted by atomic mass is 10.2. The Hall–Kier alpha value is -2.81. The Morgan fingerprint density at radius 2 is 2.06 bits per heavy atom. The third kappa shape index (κ3) is 5.10. The molecule has 0 aromatic carbocycles. The van der Waals surface area contributed by atoms with Crippen molar-refractivity contribution in [1.82, 2.24) is 24.6 Å². The summed E-state index contributed by atoms with van der Waals surface area (Å²) in [5.41, 5.74) is -0.111. The largest absolute Gasteiger partial charge is 0.454 e. The maximum atomic E-state index is 12.4. The average molecular weight is 442 g/mol. The first-order valence-corrected chi connectivity index (χ1v) is 11.9. The van der Waals surface area contributed by atoms with Crippen LogP contribution in [0.3, 0.4) is 0 Å². The quantitative estimate of drug-likeness (QED) is 0.404. The highest BCUT2D eigenvalue weighted by Crippen LogP contribution is 2.33. The van der Waals surface area contributed by atoms with E-state index < -0.39 is 0 Å². The van der Waals surface area contributed by atoms with E-state index in [1.54, 1.807) is 42.2 Å². The molecule has 0 spiro atoms. The zero-order valence-corrected chi connectivity index (χ0v) is 18.4. The second-order valence-electron chi connectivity index (χ2n) is 7.70. The van der Waals surface area contributed by atoms with E-state index in [0.29, 0.717) is 24.9 Å². The normalized spacial score (nSPS) is 14.2. The molecule has 1 saturated carbocycles. The van der Waals surface area contributed by atoms with E-state index >= 15 is 0 Å². The van der Waals surface area contributed by atoms with Gasteiger partial charge < -0.3 is 18.9 Å². The summed E-state index contributed by atoms with van der Waals surface area (Å²) in [4.78, 5) is 24.2. The van der Waals surface area contributed by atoms with Crippen molar-refractivity contribution in [2.75, 3.05) is 12.8 Å². The van der Waals surface area contributed by atoms with Gasteiger partial charge in [-0.2, -0.15) is 0 Å². The van der Waals surface area contributed by atoms with E-state index in [9.17, 15) is 9.59 Å². The van der Waals surface area contributed by atoms with Crippen molar-refractivity contribution in [1.29, 1.82) is 0 Å². The number of furan rings is 1. The van der Waals surface area contributed by atoms with Crippen LogP contribution in [0.5, 0.6) is 0 Å². The number of hydrogen-bond acceptors (Lipinski definition) is 6.